The Morgan fingerprint density at radius 3 is 2.16 bits per heavy atom. The summed E-state index contributed by atoms with van der Waals surface area (Å²) in [6.07, 6.45) is 0. The molecule has 0 spiro atoms. The van der Waals surface area contributed by atoms with Crippen molar-refractivity contribution in [2.45, 2.75) is 0 Å². The van der Waals surface area contributed by atoms with Crippen LogP contribution in [0.2, 0.25) is 0 Å². The number of halogens is 3. The first kappa shape index (κ1) is 12.9. The molecule has 98 valence electrons. The predicted octanol–water partition coefficient (Wildman–Crippen LogP) is 3.59. The third kappa shape index (κ3) is 2.52. The second-order valence-electron chi connectivity index (χ2n) is 3.58. The summed E-state index contributed by atoms with van der Waals surface area (Å²) < 4.78 is 45.1. The minimum Gasteiger partial charge on any atom is -0.478 e. The number of hydrogen-bond donors (Lipinski definition) is 1. The molecule has 0 heterocycles. The molecule has 0 aliphatic rings. The Morgan fingerprint density at radius 2 is 1.58 bits per heavy atom. The number of rotatable bonds is 3. The van der Waals surface area contributed by atoms with Gasteiger partial charge >= 0.3 is 5.97 Å². The van der Waals surface area contributed by atoms with Gasteiger partial charge in [-0.3, -0.25) is 0 Å². The first-order valence-electron chi connectivity index (χ1n) is 5.14. The van der Waals surface area contributed by atoms with Crippen LogP contribution in [0.4, 0.5) is 13.2 Å². The van der Waals surface area contributed by atoms with Crippen LogP contribution in [0.15, 0.2) is 36.4 Å². The summed E-state index contributed by atoms with van der Waals surface area (Å²) in [6.45, 7) is 0. The highest BCUT2D eigenvalue weighted by atomic mass is 19.1. The zero-order chi connectivity index (χ0) is 14.0. The fourth-order valence-electron chi connectivity index (χ4n) is 1.44. The van der Waals surface area contributed by atoms with Crippen LogP contribution in [0.1, 0.15) is 10.4 Å². The SMILES string of the molecule is O=C(O)c1cccc(Oc2c(F)cccc2F)c1F. The van der Waals surface area contributed by atoms with Crippen LogP contribution < -0.4 is 4.74 Å². The third-order valence-electron chi connectivity index (χ3n) is 2.32. The molecular weight excluding hydrogens is 261 g/mol. The zero-order valence-corrected chi connectivity index (χ0v) is 9.36. The molecule has 0 radical (unpaired) electrons. The molecule has 0 aliphatic carbocycles. The summed E-state index contributed by atoms with van der Waals surface area (Å²) in [4.78, 5) is 10.7. The standard InChI is InChI=1S/C13H7F3O3/c14-8-4-2-5-9(15)12(8)19-10-6-1-3-7(11(10)16)13(17)18/h1-6H,(H,17,18). The average molecular weight is 268 g/mol. The number of ether oxygens (including phenoxy) is 1. The van der Waals surface area contributed by atoms with Crippen molar-refractivity contribution in [1.29, 1.82) is 0 Å². The molecule has 0 aromatic heterocycles. The van der Waals surface area contributed by atoms with Crippen molar-refractivity contribution in [3.05, 3.63) is 59.4 Å². The number of para-hydroxylation sites is 1. The van der Waals surface area contributed by atoms with Gasteiger partial charge in [-0.2, -0.15) is 0 Å². The quantitative estimate of drug-likeness (QED) is 0.925. The first-order valence-corrected chi connectivity index (χ1v) is 5.14. The molecule has 1 N–H and O–H groups in total. The number of carboxylic acids is 1. The van der Waals surface area contributed by atoms with Crippen molar-refractivity contribution in [2.24, 2.45) is 0 Å². The van der Waals surface area contributed by atoms with E-state index >= 15 is 0 Å². The van der Waals surface area contributed by atoms with Crippen molar-refractivity contribution in [3.63, 3.8) is 0 Å². The van der Waals surface area contributed by atoms with Crippen LogP contribution in [-0.2, 0) is 0 Å². The van der Waals surface area contributed by atoms with Gasteiger partial charge in [-0.1, -0.05) is 12.1 Å². The molecule has 2 aromatic rings. The second kappa shape index (κ2) is 5.01. The van der Waals surface area contributed by atoms with Crippen LogP contribution >= 0.6 is 0 Å². The van der Waals surface area contributed by atoms with Crippen LogP contribution in [0.5, 0.6) is 11.5 Å². The number of carboxylic acid groups (broad SMARTS) is 1. The maximum absolute atomic E-state index is 13.7. The number of benzene rings is 2. The van der Waals surface area contributed by atoms with E-state index in [9.17, 15) is 18.0 Å². The van der Waals surface area contributed by atoms with E-state index in [1.165, 1.54) is 6.07 Å². The minimum absolute atomic E-state index is 0.566. The molecule has 2 rings (SSSR count). The van der Waals surface area contributed by atoms with Crippen molar-refractivity contribution >= 4 is 5.97 Å². The Morgan fingerprint density at radius 1 is 1.00 bits per heavy atom. The van der Waals surface area contributed by atoms with Crippen LogP contribution in [0.3, 0.4) is 0 Å². The summed E-state index contributed by atoms with van der Waals surface area (Å²) >= 11 is 0. The van der Waals surface area contributed by atoms with Gasteiger partial charge in [-0.25, -0.2) is 18.0 Å². The highest BCUT2D eigenvalue weighted by molar-refractivity contribution is 5.88. The molecule has 0 atom stereocenters. The Bertz CT molecular complexity index is 621. The molecule has 0 amide bonds. The van der Waals surface area contributed by atoms with Crippen molar-refractivity contribution in [1.82, 2.24) is 0 Å². The lowest BCUT2D eigenvalue weighted by Crippen LogP contribution is -2.02. The van der Waals surface area contributed by atoms with E-state index in [-0.39, 0.29) is 0 Å². The van der Waals surface area contributed by atoms with Gasteiger partial charge in [-0.15, -0.1) is 0 Å². The van der Waals surface area contributed by atoms with Gasteiger partial charge in [0.2, 0.25) is 0 Å². The predicted molar refractivity (Wildman–Crippen MR) is 59.8 cm³/mol. The summed E-state index contributed by atoms with van der Waals surface area (Å²) in [5.41, 5.74) is -0.644. The Kier molecular flexibility index (Phi) is 3.41. The molecule has 19 heavy (non-hydrogen) atoms. The molecule has 2 aromatic carbocycles. The number of hydrogen-bond acceptors (Lipinski definition) is 2. The maximum atomic E-state index is 13.7. The smallest absolute Gasteiger partial charge is 0.338 e. The average Bonchev–Trinajstić information content (AvgIpc) is 2.35. The summed E-state index contributed by atoms with van der Waals surface area (Å²) in [5.74, 6) is -6.08. The van der Waals surface area contributed by atoms with E-state index < -0.39 is 40.5 Å². The van der Waals surface area contributed by atoms with Gasteiger partial charge in [-0.05, 0) is 24.3 Å². The molecule has 0 saturated heterocycles. The molecular formula is C13H7F3O3. The van der Waals surface area contributed by atoms with E-state index in [4.69, 9.17) is 9.84 Å². The highest BCUT2D eigenvalue weighted by Gasteiger charge is 2.18. The molecule has 0 fully saturated rings. The van der Waals surface area contributed by atoms with Gasteiger partial charge in [0.15, 0.2) is 29.0 Å². The molecule has 3 nitrogen and oxygen atoms in total. The zero-order valence-electron chi connectivity index (χ0n) is 9.36. The largest absolute Gasteiger partial charge is 0.478 e. The van der Waals surface area contributed by atoms with E-state index in [0.717, 1.165) is 30.3 Å². The van der Waals surface area contributed by atoms with E-state index in [1.807, 2.05) is 0 Å². The summed E-state index contributed by atoms with van der Waals surface area (Å²) in [6, 6.07) is 6.31. The van der Waals surface area contributed by atoms with Crippen LogP contribution in [-0.4, -0.2) is 11.1 Å². The van der Waals surface area contributed by atoms with Crippen molar-refractivity contribution in [2.75, 3.05) is 0 Å². The lowest BCUT2D eigenvalue weighted by atomic mass is 10.2. The number of carbonyl (C=O) groups is 1. The normalized spacial score (nSPS) is 10.3. The fraction of sp³-hybridized carbons (Fsp3) is 0. The third-order valence-corrected chi connectivity index (χ3v) is 2.32. The monoisotopic (exact) mass is 268 g/mol. The van der Waals surface area contributed by atoms with Crippen molar-refractivity contribution < 1.29 is 27.8 Å². The summed E-state index contributed by atoms with van der Waals surface area (Å²) in [7, 11) is 0. The van der Waals surface area contributed by atoms with E-state index in [0.29, 0.717) is 0 Å². The Balaban J connectivity index is 2.45. The maximum Gasteiger partial charge on any atom is 0.338 e. The topological polar surface area (TPSA) is 46.5 Å². The lowest BCUT2D eigenvalue weighted by Gasteiger charge is -2.09. The molecule has 6 heteroatoms. The Hall–Kier alpha value is -2.50. The fourth-order valence-corrected chi connectivity index (χ4v) is 1.44. The molecule has 0 saturated carbocycles. The minimum atomic E-state index is -1.50. The summed E-state index contributed by atoms with van der Waals surface area (Å²) in [5, 5.41) is 8.72. The van der Waals surface area contributed by atoms with Crippen LogP contribution in [0, 0.1) is 17.5 Å². The molecule has 0 aliphatic heterocycles. The van der Waals surface area contributed by atoms with Gasteiger partial charge in [0.05, 0.1) is 5.56 Å². The van der Waals surface area contributed by atoms with Gasteiger partial charge < -0.3 is 9.84 Å². The van der Waals surface area contributed by atoms with Gasteiger partial charge in [0.25, 0.3) is 0 Å². The first-order chi connectivity index (χ1) is 9.00. The van der Waals surface area contributed by atoms with Crippen LogP contribution in [0.25, 0.3) is 0 Å². The van der Waals surface area contributed by atoms with E-state index in [2.05, 4.69) is 0 Å². The van der Waals surface area contributed by atoms with Gasteiger partial charge in [0.1, 0.15) is 0 Å². The lowest BCUT2D eigenvalue weighted by molar-refractivity contribution is 0.0691. The van der Waals surface area contributed by atoms with Gasteiger partial charge in [0, 0.05) is 0 Å². The highest BCUT2D eigenvalue weighted by Crippen LogP contribution is 2.30. The number of aromatic carboxylic acids is 1. The molecule has 0 unspecified atom stereocenters. The second-order valence-corrected chi connectivity index (χ2v) is 3.58. The molecule has 0 bridgehead atoms. The van der Waals surface area contributed by atoms with E-state index in [1.54, 1.807) is 0 Å². The van der Waals surface area contributed by atoms with Crippen molar-refractivity contribution in [3.8, 4) is 11.5 Å². The Labute approximate surface area is 105 Å².